The van der Waals surface area contributed by atoms with Gasteiger partial charge in [-0.25, -0.2) is 0 Å². The van der Waals surface area contributed by atoms with Crippen LogP contribution in [0.25, 0.3) is 0 Å². The first kappa shape index (κ1) is 18.0. The lowest BCUT2D eigenvalue weighted by Crippen LogP contribution is -2.59. The Morgan fingerprint density at radius 2 is 1.87 bits per heavy atom. The first-order chi connectivity index (χ1) is 10.9. The Morgan fingerprint density at radius 3 is 2.48 bits per heavy atom. The molecule has 0 aliphatic carbocycles. The molecule has 0 spiro atoms. The molecule has 6 N–H and O–H groups in total. The molecule has 9 heteroatoms. The lowest BCUT2D eigenvalue weighted by atomic mass is 9.99. The van der Waals surface area contributed by atoms with Gasteiger partial charge < -0.3 is 40.1 Å². The van der Waals surface area contributed by atoms with Crippen molar-refractivity contribution in [3.8, 4) is 5.75 Å². The Labute approximate surface area is 132 Å². The molecular formula is C14H21NO8. The molecule has 2 heterocycles. The number of rotatable bonds is 5. The van der Waals surface area contributed by atoms with Gasteiger partial charge in [-0.2, -0.15) is 0 Å². The number of hydrogen-bond acceptors (Lipinski definition) is 9. The summed E-state index contributed by atoms with van der Waals surface area (Å²) in [6.45, 7) is 0.429. The van der Waals surface area contributed by atoms with Gasteiger partial charge in [-0.1, -0.05) is 0 Å². The molecule has 5 atom stereocenters. The molecular weight excluding hydrogens is 310 g/mol. The molecule has 0 amide bonds. The lowest BCUT2D eigenvalue weighted by molar-refractivity contribution is -0.304. The second kappa shape index (κ2) is 7.49. The minimum absolute atomic E-state index is 0.151. The maximum atomic E-state index is 9.87. The Morgan fingerprint density at radius 1 is 1.17 bits per heavy atom. The van der Waals surface area contributed by atoms with Gasteiger partial charge in [-0.05, 0) is 6.92 Å². The van der Waals surface area contributed by atoms with Gasteiger partial charge in [0.25, 0.3) is 0 Å². The van der Waals surface area contributed by atoms with E-state index in [4.69, 9.17) is 14.6 Å². The highest BCUT2D eigenvalue weighted by atomic mass is 16.7. The summed E-state index contributed by atoms with van der Waals surface area (Å²) >= 11 is 0. The number of aliphatic hydroxyl groups is 5. The summed E-state index contributed by atoms with van der Waals surface area (Å²) < 4.78 is 10.6. The summed E-state index contributed by atoms with van der Waals surface area (Å²) in [5, 5.41) is 57.5. The van der Waals surface area contributed by atoms with Crippen molar-refractivity contribution in [1.29, 1.82) is 0 Å². The molecule has 9 nitrogen and oxygen atoms in total. The molecule has 0 saturated carbocycles. The Kier molecular flexibility index (Phi) is 5.87. The summed E-state index contributed by atoms with van der Waals surface area (Å²) in [5.41, 5.74) is 0.972. The van der Waals surface area contributed by atoms with Crippen LogP contribution in [0.3, 0.4) is 0 Å². The van der Waals surface area contributed by atoms with Crippen molar-refractivity contribution in [3.63, 3.8) is 0 Å². The van der Waals surface area contributed by atoms with Crippen molar-refractivity contribution in [1.82, 2.24) is 4.98 Å². The number of aromatic nitrogens is 1. The Bertz CT molecular complexity index is 538. The van der Waals surface area contributed by atoms with Crippen LogP contribution >= 0.6 is 0 Å². The van der Waals surface area contributed by atoms with Crippen LogP contribution in [0.5, 0.6) is 5.75 Å². The molecule has 130 valence electrons. The van der Waals surface area contributed by atoms with Gasteiger partial charge in [0.1, 0.15) is 30.2 Å². The number of aromatic hydroxyl groups is 1. The number of pyridine rings is 1. The Hall–Kier alpha value is -1.33. The number of aryl methyl sites for hydroxylation is 1. The maximum absolute atomic E-state index is 9.87. The van der Waals surface area contributed by atoms with Crippen molar-refractivity contribution in [3.05, 3.63) is 23.0 Å². The molecule has 23 heavy (non-hydrogen) atoms. The fourth-order valence-corrected chi connectivity index (χ4v) is 2.36. The molecule has 5 unspecified atom stereocenters. The van der Waals surface area contributed by atoms with E-state index >= 15 is 0 Å². The summed E-state index contributed by atoms with van der Waals surface area (Å²) in [4.78, 5) is 3.95. The van der Waals surface area contributed by atoms with E-state index in [9.17, 15) is 25.5 Å². The largest absolute Gasteiger partial charge is 0.506 e. The van der Waals surface area contributed by atoms with Crippen molar-refractivity contribution in [2.24, 2.45) is 0 Å². The molecule has 2 rings (SSSR count). The van der Waals surface area contributed by atoms with Gasteiger partial charge in [-0.3, -0.25) is 4.98 Å². The lowest BCUT2D eigenvalue weighted by Gasteiger charge is -2.39. The third-order valence-electron chi connectivity index (χ3n) is 3.84. The van der Waals surface area contributed by atoms with Crippen LogP contribution in [0.15, 0.2) is 6.20 Å². The molecule has 1 aromatic heterocycles. The highest BCUT2D eigenvalue weighted by molar-refractivity contribution is 5.39. The van der Waals surface area contributed by atoms with E-state index in [1.54, 1.807) is 6.92 Å². The molecule has 1 aliphatic heterocycles. The van der Waals surface area contributed by atoms with Crippen LogP contribution in [0, 0.1) is 6.92 Å². The van der Waals surface area contributed by atoms with Gasteiger partial charge in [0.2, 0.25) is 0 Å². The van der Waals surface area contributed by atoms with Crippen molar-refractivity contribution in [2.45, 2.75) is 50.8 Å². The normalized spacial score (nSPS) is 31.3. The quantitative estimate of drug-likeness (QED) is 0.356. The fourth-order valence-electron chi connectivity index (χ4n) is 2.36. The van der Waals surface area contributed by atoms with Crippen LogP contribution in [0.1, 0.15) is 16.8 Å². The van der Waals surface area contributed by atoms with Gasteiger partial charge in [0.05, 0.1) is 25.5 Å². The topological polar surface area (TPSA) is 153 Å². The molecule has 1 aromatic rings. The van der Waals surface area contributed by atoms with Crippen LogP contribution in [0.4, 0.5) is 0 Å². The molecule has 0 bridgehead atoms. The van der Waals surface area contributed by atoms with E-state index in [1.165, 1.54) is 6.20 Å². The van der Waals surface area contributed by atoms with Crippen LogP contribution in [-0.2, 0) is 22.7 Å². The van der Waals surface area contributed by atoms with Crippen LogP contribution in [0.2, 0.25) is 0 Å². The third-order valence-corrected chi connectivity index (χ3v) is 3.84. The van der Waals surface area contributed by atoms with E-state index in [1.807, 2.05) is 0 Å². The molecule has 1 aliphatic rings. The number of aliphatic hydroxyl groups excluding tert-OH is 5. The zero-order valence-corrected chi connectivity index (χ0v) is 12.5. The van der Waals surface area contributed by atoms with Crippen LogP contribution in [-0.4, -0.2) is 72.9 Å². The monoisotopic (exact) mass is 331 g/mol. The zero-order valence-electron chi connectivity index (χ0n) is 12.5. The summed E-state index contributed by atoms with van der Waals surface area (Å²) in [7, 11) is 0. The molecule has 0 radical (unpaired) electrons. The van der Waals surface area contributed by atoms with Crippen molar-refractivity contribution in [2.75, 3.05) is 6.61 Å². The van der Waals surface area contributed by atoms with Crippen molar-refractivity contribution < 1.29 is 40.1 Å². The minimum atomic E-state index is -1.53. The second-order valence-corrected chi connectivity index (χ2v) is 5.36. The van der Waals surface area contributed by atoms with Gasteiger partial charge in [0.15, 0.2) is 6.29 Å². The fraction of sp³-hybridized carbons (Fsp3) is 0.643. The summed E-state index contributed by atoms with van der Waals surface area (Å²) in [6, 6.07) is 0. The van der Waals surface area contributed by atoms with Crippen LogP contribution < -0.4 is 0 Å². The molecule has 1 fully saturated rings. The van der Waals surface area contributed by atoms with E-state index in [0.29, 0.717) is 11.3 Å². The molecule has 1 saturated heterocycles. The third kappa shape index (κ3) is 3.61. The van der Waals surface area contributed by atoms with Gasteiger partial charge >= 0.3 is 0 Å². The predicted molar refractivity (Wildman–Crippen MR) is 75.1 cm³/mol. The van der Waals surface area contributed by atoms with E-state index in [0.717, 1.165) is 0 Å². The average Bonchev–Trinajstić information content (AvgIpc) is 2.55. The van der Waals surface area contributed by atoms with Gasteiger partial charge in [0, 0.05) is 17.3 Å². The van der Waals surface area contributed by atoms with E-state index in [-0.39, 0.29) is 17.9 Å². The number of nitrogens with zero attached hydrogens (tertiary/aromatic N) is 1. The minimum Gasteiger partial charge on any atom is -0.506 e. The highest BCUT2D eigenvalue weighted by Crippen LogP contribution is 2.26. The first-order valence-electron chi connectivity index (χ1n) is 7.10. The summed E-state index contributed by atoms with van der Waals surface area (Å²) in [5.74, 6) is -0.151. The van der Waals surface area contributed by atoms with E-state index < -0.39 is 43.9 Å². The smallest absolute Gasteiger partial charge is 0.187 e. The van der Waals surface area contributed by atoms with Crippen molar-refractivity contribution >= 4 is 0 Å². The predicted octanol–water partition coefficient (Wildman–Crippen LogP) is -2.10. The zero-order chi connectivity index (χ0) is 17.1. The first-order valence-corrected chi connectivity index (χ1v) is 7.10. The number of ether oxygens (including phenoxy) is 2. The Balaban J connectivity index is 2.10. The average molecular weight is 331 g/mol. The second-order valence-electron chi connectivity index (χ2n) is 5.36. The SMILES string of the molecule is Cc1ncc(COC2OC(CO)C(O)C(O)C2O)c(CO)c1O. The number of hydrogen-bond donors (Lipinski definition) is 6. The molecule has 0 aromatic carbocycles. The highest BCUT2D eigenvalue weighted by Gasteiger charge is 2.44. The van der Waals surface area contributed by atoms with Gasteiger partial charge in [-0.15, -0.1) is 0 Å². The standard InChI is InChI=1S/C14H21NO8/c1-6-10(18)8(3-16)7(2-15-6)5-22-14-13(21)12(20)11(19)9(4-17)23-14/h2,9,11-14,16-21H,3-5H2,1H3. The maximum Gasteiger partial charge on any atom is 0.187 e. The summed E-state index contributed by atoms with van der Waals surface area (Å²) in [6.07, 6.45) is -5.47. The van der Waals surface area contributed by atoms with E-state index in [2.05, 4.69) is 4.98 Å².